The highest BCUT2D eigenvalue weighted by Crippen LogP contribution is 2.10. The first-order valence-corrected chi connectivity index (χ1v) is 2.99. The maximum absolute atomic E-state index is 8.38. The van der Waals surface area contributed by atoms with Crippen molar-refractivity contribution in [2.45, 2.75) is 25.7 Å². The molecule has 2 atom stereocenters. The predicted octanol–water partition coefficient (Wildman–Crippen LogP) is 0.661. The normalized spacial score (nSPS) is 35.6. The summed E-state index contributed by atoms with van der Waals surface area (Å²) in [6.45, 7) is 2.43. The summed E-state index contributed by atoms with van der Waals surface area (Å²) in [5, 5.41) is 8.38. The van der Waals surface area contributed by atoms with Crippen LogP contribution in [0.25, 0.3) is 0 Å². The first-order valence-electron chi connectivity index (χ1n) is 2.99. The first-order chi connectivity index (χ1) is 4.33. The summed E-state index contributed by atoms with van der Waals surface area (Å²) in [4.78, 5) is 0. The quantitative estimate of drug-likeness (QED) is 0.480. The van der Waals surface area contributed by atoms with Crippen LogP contribution in [0.3, 0.4) is 0 Å². The molecule has 1 fully saturated rings. The van der Waals surface area contributed by atoms with Crippen LogP contribution in [-0.4, -0.2) is 19.0 Å². The summed E-state index contributed by atoms with van der Waals surface area (Å²) < 4.78 is 10.1. The zero-order valence-electron chi connectivity index (χ0n) is 5.33. The second-order valence-corrected chi connectivity index (χ2v) is 1.98. The lowest BCUT2D eigenvalue weighted by atomic mass is 10.3. The van der Waals surface area contributed by atoms with Gasteiger partial charge in [-0.25, -0.2) is 0 Å². The molecule has 0 aromatic rings. The molecule has 1 rings (SSSR count). The van der Waals surface area contributed by atoms with E-state index in [2.05, 4.69) is 0 Å². The fourth-order valence-electron chi connectivity index (χ4n) is 0.775. The van der Waals surface area contributed by atoms with Gasteiger partial charge < -0.3 is 9.47 Å². The van der Waals surface area contributed by atoms with Crippen molar-refractivity contribution in [3.05, 3.63) is 0 Å². The second-order valence-electron chi connectivity index (χ2n) is 1.98. The lowest BCUT2D eigenvalue weighted by molar-refractivity contribution is -0.187. The van der Waals surface area contributed by atoms with Gasteiger partial charge in [0.05, 0.1) is 12.7 Å². The molecule has 1 saturated heterocycles. The van der Waals surface area contributed by atoms with Crippen LogP contribution in [0.15, 0.2) is 0 Å². The van der Waals surface area contributed by atoms with Gasteiger partial charge in [-0.1, -0.05) is 0 Å². The third kappa shape index (κ3) is 1.67. The van der Waals surface area contributed by atoms with Gasteiger partial charge in [-0.2, -0.15) is 5.26 Å². The van der Waals surface area contributed by atoms with E-state index in [0.717, 1.165) is 0 Å². The molecule has 0 amide bonds. The predicted molar refractivity (Wildman–Crippen MR) is 30.5 cm³/mol. The summed E-state index contributed by atoms with van der Waals surface area (Å²) in [5.41, 5.74) is 0. The van der Waals surface area contributed by atoms with Crippen LogP contribution in [-0.2, 0) is 9.47 Å². The van der Waals surface area contributed by atoms with Crippen molar-refractivity contribution in [1.82, 2.24) is 0 Å². The number of ether oxygens (including phenoxy) is 2. The molecular formula is C6H9NO2. The Bertz CT molecular complexity index is 130. The van der Waals surface area contributed by atoms with E-state index in [-0.39, 0.29) is 12.4 Å². The molecule has 0 N–H and O–H groups in total. The van der Waals surface area contributed by atoms with E-state index < -0.39 is 0 Å². The van der Waals surface area contributed by atoms with E-state index in [4.69, 9.17) is 14.7 Å². The molecule has 1 aliphatic rings. The Morgan fingerprint density at radius 2 is 2.44 bits per heavy atom. The fourth-order valence-corrected chi connectivity index (χ4v) is 0.775. The van der Waals surface area contributed by atoms with Gasteiger partial charge in [0.2, 0.25) is 0 Å². The van der Waals surface area contributed by atoms with E-state index in [0.29, 0.717) is 13.0 Å². The van der Waals surface area contributed by atoms with Crippen molar-refractivity contribution in [1.29, 1.82) is 5.26 Å². The second kappa shape index (κ2) is 2.81. The Kier molecular flexibility index (Phi) is 2.04. The van der Waals surface area contributed by atoms with Gasteiger partial charge in [-0.3, -0.25) is 0 Å². The monoisotopic (exact) mass is 127 g/mol. The number of hydrogen-bond acceptors (Lipinski definition) is 3. The van der Waals surface area contributed by atoms with Crippen LogP contribution in [0.2, 0.25) is 0 Å². The lowest BCUT2D eigenvalue weighted by Crippen LogP contribution is -2.28. The van der Waals surface area contributed by atoms with E-state index in [9.17, 15) is 0 Å². The molecule has 3 heteroatoms. The molecule has 1 aliphatic heterocycles. The Balaban J connectivity index is 2.34. The largest absolute Gasteiger partial charge is 0.353 e. The van der Waals surface area contributed by atoms with Crippen molar-refractivity contribution in [3.8, 4) is 6.07 Å². The number of rotatable bonds is 0. The molecule has 0 aliphatic carbocycles. The highest BCUT2D eigenvalue weighted by atomic mass is 16.7. The Morgan fingerprint density at radius 3 is 2.89 bits per heavy atom. The van der Waals surface area contributed by atoms with Crippen molar-refractivity contribution in [3.63, 3.8) is 0 Å². The maximum Gasteiger partial charge on any atom is 0.156 e. The van der Waals surface area contributed by atoms with Crippen LogP contribution in [0, 0.1) is 11.3 Å². The third-order valence-corrected chi connectivity index (χ3v) is 1.23. The van der Waals surface area contributed by atoms with Gasteiger partial charge in [-0.15, -0.1) is 0 Å². The minimum atomic E-state index is -0.256. The van der Waals surface area contributed by atoms with Gasteiger partial charge in [0.1, 0.15) is 6.10 Å². The van der Waals surface area contributed by atoms with Crippen LogP contribution in [0.1, 0.15) is 13.3 Å². The summed E-state index contributed by atoms with van der Waals surface area (Å²) in [6.07, 6.45) is 0.234. The smallest absolute Gasteiger partial charge is 0.156 e. The summed E-state index contributed by atoms with van der Waals surface area (Å²) in [7, 11) is 0. The first kappa shape index (κ1) is 6.53. The summed E-state index contributed by atoms with van der Waals surface area (Å²) >= 11 is 0. The molecule has 0 aromatic carbocycles. The molecule has 3 nitrogen and oxygen atoms in total. The molecule has 0 spiro atoms. The van der Waals surface area contributed by atoms with Gasteiger partial charge in [-0.05, 0) is 6.92 Å². The van der Waals surface area contributed by atoms with Crippen molar-refractivity contribution < 1.29 is 9.47 Å². The van der Waals surface area contributed by atoms with Crippen LogP contribution < -0.4 is 0 Å². The lowest BCUT2D eigenvalue weighted by Gasteiger charge is -2.23. The minimum Gasteiger partial charge on any atom is -0.353 e. The summed E-state index contributed by atoms with van der Waals surface area (Å²) in [6, 6.07) is 2.03. The Morgan fingerprint density at radius 1 is 1.67 bits per heavy atom. The molecule has 0 saturated carbocycles. The number of nitrogens with zero attached hydrogens (tertiary/aromatic N) is 1. The zero-order valence-corrected chi connectivity index (χ0v) is 5.33. The highest BCUT2D eigenvalue weighted by molar-refractivity contribution is 4.85. The Hall–Kier alpha value is -0.590. The number of hydrogen-bond donors (Lipinski definition) is 0. The molecular weight excluding hydrogens is 118 g/mol. The zero-order chi connectivity index (χ0) is 6.69. The Labute approximate surface area is 54.2 Å². The molecule has 2 unspecified atom stereocenters. The van der Waals surface area contributed by atoms with Gasteiger partial charge in [0.25, 0.3) is 0 Å². The number of nitriles is 1. The van der Waals surface area contributed by atoms with Gasteiger partial charge >= 0.3 is 0 Å². The van der Waals surface area contributed by atoms with Crippen LogP contribution in [0.4, 0.5) is 0 Å². The average molecular weight is 127 g/mol. The summed E-state index contributed by atoms with van der Waals surface area (Å²) in [5.74, 6) is 0. The minimum absolute atomic E-state index is 0.205. The van der Waals surface area contributed by atoms with E-state index in [1.54, 1.807) is 6.92 Å². The molecule has 0 aromatic heterocycles. The molecule has 0 radical (unpaired) electrons. The SMILES string of the molecule is CC1OCCC(C#N)O1. The maximum atomic E-state index is 8.38. The third-order valence-electron chi connectivity index (χ3n) is 1.23. The van der Waals surface area contributed by atoms with Crippen molar-refractivity contribution in [2.24, 2.45) is 0 Å². The van der Waals surface area contributed by atoms with E-state index >= 15 is 0 Å². The molecule has 9 heavy (non-hydrogen) atoms. The highest BCUT2D eigenvalue weighted by Gasteiger charge is 2.17. The van der Waals surface area contributed by atoms with Crippen molar-refractivity contribution in [2.75, 3.05) is 6.61 Å². The van der Waals surface area contributed by atoms with E-state index in [1.165, 1.54) is 0 Å². The average Bonchev–Trinajstić information content (AvgIpc) is 1.88. The molecule has 0 bridgehead atoms. The van der Waals surface area contributed by atoms with Crippen LogP contribution >= 0.6 is 0 Å². The molecule has 50 valence electrons. The van der Waals surface area contributed by atoms with Gasteiger partial charge in [0.15, 0.2) is 6.29 Å². The topological polar surface area (TPSA) is 42.2 Å². The molecule has 1 heterocycles. The standard InChI is InChI=1S/C6H9NO2/c1-5-8-3-2-6(4-7)9-5/h5-6H,2-3H2,1H3. The fraction of sp³-hybridized carbons (Fsp3) is 0.833. The van der Waals surface area contributed by atoms with Gasteiger partial charge in [0, 0.05) is 6.42 Å². The van der Waals surface area contributed by atoms with E-state index in [1.807, 2.05) is 6.07 Å². The van der Waals surface area contributed by atoms with Crippen LogP contribution in [0.5, 0.6) is 0 Å². The van der Waals surface area contributed by atoms with Crippen molar-refractivity contribution >= 4 is 0 Å².